The van der Waals surface area contributed by atoms with Crippen molar-refractivity contribution >= 4 is 12.4 Å². The predicted molar refractivity (Wildman–Crippen MR) is 80.9 cm³/mol. The molecule has 1 amide bonds. The average Bonchev–Trinajstić information content (AvgIpc) is 2.43. The molecule has 20 heavy (non-hydrogen) atoms. The van der Waals surface area contributed by atoms with E-state index >= 15 is 0 Å². The maximum absolute atomic E-state index is 11.7. The van der Waals surface area contributed by atoms with Gasteiger partial charge in [0.15, 0.2) is 0 Å². The van der Waals surface area contributed by atoms with Gasteiger partial charge in [-0.05, 0) is 19.4 Å². The number of aliphatic imine (C=N–C) groups is 1. The smallest absolute Gasteiger partial charge is 0.407 e. The highest BCUT2D eigenvalue weighted by molar-refractivity contribution is 5.67. The Balaban J connectivity index is 2.34. The number of carbonyl (C=O) groups excluding carboxylic acids is 1. The first kappa shape index (κ1) is 16.0. The minimum atomic E-state index is -0.423. The summed E-state index contributed by atoms with van der Waals surface area (Å²) in [5.41, 5.74) is 0.967. The fraction of sp³-hybridized carbons (Fsp3) is 0.467. The van der Waals surface area contributed by atoms with Crippen LogP contribution in [-0.4, -0.2) is 43.5 Å². The minimum Gasteiger partial charge on any atom is -0.445 e. The molecular weight excluding hydrogens is 254 g/mol. The molecule has 2 atom stereocenters. The first-order valence-corrected chi connectivity index (χ1v) is 6.66. The van der Waals surface area contributed by atoms with Crippen molar-refractivity contribution in [3.8, 4) is 0 Å². The third kappa shape index (κ3) is 6.22. The lowest BCUT2D eigenvalue weighted by Crippen LogP contribution is -2.39. The van der Waals surface area contributed by atoms with Crippen LogP contribution in [0.3, 0.4) is 0 Å². The second-order valence-electron chi connectivity index (χ2n) is 4.96. The van der Waals surface area contributed by atoms with E-state index in [-0.39, 0.29) is 18.7 Å². The normalized spacial score (nSPS) is 13.8. The van der Waals surface area contributed by atoms with E-state index in [0.29, 0.717) is 0 Å². The molecule has 0 aliphatic heterocycles. The number of nitrogens with zero attached hydrogens (tertiary/aromatic N) is 2. The molecular formula is C15H23N3O2. The Hall–Kier alpha value is -2.04. The Kier molecular flexibility index (Phi) is 6.56. The van der Waals surface area contributed by atoms with Crippen LogP contribution in [0.1, 0.15) is 19.4 Å². The van der Waals surface area contributed by atoms with E-state index in [2.05, 4.69) is 10.3 Å². The number of hydrogen-bond donors (Lipinski definition) is 1. The standard InChI is InChI=1S/C15H23N3O2/c1-12(16-11-18(3)4)13(2)17-15(19)20-10-14-8-6-5-7-9-14/h5-9,11-13H,10H2,1-4H3,(H,17,19)/b16-11+. The second-order valence-corrected chi connectivity index (χ2v) is 4.96. The zero-order valence-corrected chi connectivity index (χ0v) is 12.5. The lowest BCUT2D eigenvalue weighted by molar-refractivity contribution is 0.135. The van der Waals surface area contributed by atoms with Crippen LogP contribution in [0.2, 0.25) is 0 Å². The molecule has 0 aliphatic rings. The van der Waals surface area contributed by atoms with E-state index in [1.54, 1.807) is 6.34 Å². The van der Waals surface area contributed by atoms with Crippen LogP contribution in [0.5, 0.6) is 0 Å². The summed E-state index contributed by atoms with van der Waals surface area (Å²) in [5.74, 6) is 0. The minimum absolute atomic E-state index is 0.0123. The Bertz CT molecular complexity index is 432. The van der Waals surface area contributed by atoms with Gasteiger partial charge >= 0.3 is 6.09 Å². The number of alkyl carbamates (subject to hydrolysis) is 1. The molecule has 0 saturated heterocycles. The molecule has 110 valence electrons. The molecule has 0 spiro atoms. The number of amides is 1. The number of ether oxygens (including phenoxy) is 1. The van der Waals surface area contributed by atoms with Crippen molar-refractivity contribution in [2.75, 3.05) is 14.1 Å². The van der Waals surface area contributed by atoms with Gasteiger partial charge in [0.05, 0.1) is 18.4 Å². The average molecular weight is 277 g/mol. The van der Waals surface area contributed by atoms with Crippen molar-refractivity contribution < 1.29 is 9.53 Å². The Labute approximate surface area is 120 Å². The number of rotatable bonds is 6. The van der Waals surface area contributed by atoms with Gasteiger partial charge in [0.2, 0.25) is 0 Å². The second kappa shape index (κ2) is 8.19. The summed E-state index contributed by atoms with van der Waals surface area (Å²) in [5, 5.41) is 2.78. The van der Waals surface area contributed by atoms with Gasteiger partial charge in [-0.25, -0.2) is 4.79 Å². The molecule has 0 saturated carbocycles. The molecule has 0 aliphatic carbocycles. The van der Waals surface area contributed by atoms with Crippen LogP contribution < -0.4 is 5.32 Å². The van der Waals surface area contributed by atoms with Crippen molar-refractivity contribution in [3.63, 3.8) is 0 Å². The number of benzene rings is 1. The maximum Gasteiger partial charge on any atom is 0.407 e. The number of carbonyl (C=O) groups is 1. The molecule has 0 aromatic heterocycles. The van der Waals surface area contributed by atoms with E-state index in [1.165, 1.54) is 0 Å². The summed E-state index contributed by atoms with van der Waals surface area (Å²) in [6.45, 7) is 4.12. The monoisotopic (exact) mass is 277 g/mol. The molecule has 0 fully saturated rings. The number of nitrogens with one attached hydrogen (secondary N) is 1. The topological polar surface area (TPSA) is 53.9 Å². The van der Waals surface area contributed by atoms with E-state index in [4.69, 9.17) is 4.74 Å². The van der Waals surface area contributed by atoms with Crippen molar-refractivity contribution in [2.24, 2.45) is 4.99 Å². The van der Waals surface area contributed by atoms with E-state index in [1.807, 2.05) is 63.2 Å². The fourth-order valence-electron chi connectivity index (χ4n) is 1.44. The van der Waals surface area contributed by atoms with Crippen molar-refractivity contribution in [1.82, 2.24) is 10.2 Å². The van der Waals surface area contributed by atoms with Crippen LogP contribution in [0, 0.1) is 0 Å². The summed E-state index contributed by atoms with van der Waals surface area (Å²) in [7, 11) is 3.81. The van der Waals surface area contributed by atoms with Crippen LogP contribution >= 0.6 is 0 Å². The molecule has 1 rings (SSSR count). The fourth-order valence-corrected chi connectivity index (χ4v) is 1.44. The van der Waals surface area contributed by atoms with Gasteiger partial charge in [0.25, 0.3) is 0 Å². The van der Waals surface area contributed by atoms with Gasteiger partial charge in [-0.3, -0.25) is 4.99 Å². The molecule has 1 aromatic carbocycles. The lowest BCUT2D eigenvalue weighted by Gasteiger charge is -2.18. The van der Waals surface area contributed by atoms with Gasteiger partial charge in [-0.15, -0.1) is 0 Å². The first-order valence-electron chi connectivity index (χ1n) is 6.66. The van der Waals surface area contributed by atoms with Gasteiger partial charge < -0.3 is 15.0 Å². The molecule has 0 heterocycles. The van der Waals surface area contributed by atoms with E-state index in [9.17, 15) is 4.79 Å². The SMILES string of the molecule is CC(/N=C/N(C)C)C(C)NC(=O)OCc1ccccc1. The van der Waals surface area contributed by atoms with Crippen LogP contribution in [-0.2, 0) is 11.3 Å². The summed E-state index contributed by atoms with van der Waals surface area (Å²) in [6, 6.07) is 9.49. The third-order valence-corrected chi connectivity index (χ3v) is 2.81. The summed E-state index contributed by atoms with van der Waals surface area (Å²) < 4.78 is 5.16. The molecule has 0 radical (unpaired) electrons. The molecule has 2 unspecified atom stereocenters. The summed E-state index contributed by atoms with van der Waals surface area (Å²) in [6.07, 6.45) is 1.31. The van der Waals surface area contributed by atoms with Crippen LogP contribution in [0.25, 0.3) is 0 Å². The molecule has 5 heteroatoms. The Morgan fingerprint density at radius 3 is 2.60 bits per heavy atom. The summed E-state index contributed by atoms with van der Waals surface area (Å²) in [4.78, 5) is 17.9. The highest BCUT2D eigenvalue weighted by Crippen LogP contribution is 2.02. The quantitative estimate of drug-likeness (QED) is 0.641. The van der Waals surface area contributed by atoms with Crippen molar-refractivity contribution in [3.05, 3.63) is 35.9 Å². The summed E-state index contributed by atoms with van der Waals surface area (Å²) >= 11 is 0. The Morgan fingerprint density at radius 2 is 2.00 bits per heavy atom. The van der Waals surface area contributed by atoms with E-state index in [0.717, 1.165) is 5.56 Å². The largest absolute Gasteiger partial charge is 0.445 e. The van der Waals surface area contributed by atoms with E-state index < -0.39 is 6.09 Å². The zero-order chi connectivity index (χ0) is 15.0. The zero-order valence-electron chi connectivity index (χ0n) is 12.5. The van der Waals surface area contributed by atoms with Gasteiger partial charge in [-0.2, -0.15) is 0 Å². The predicted octanol–water partition coefficient (Wildman–Crippen LogP) is 2.28. The van der Waals surface area contributed by atoms with Crippen LogP contribution in [0.15, 0.2) is 35.3 Å². The van der Waals surface area contributed by atoms with Gasteiger partial charge in [0.1, 0.15) is 6.61 Å². The van der Waals surface area contributed by atoms with Crippen molar-refractivity contribution in [2.45, 2.75) is 32.5 Å². The molecule has 1 N–H and O–H groups in total. The lowest BCUT2D eigenvalue weighted by atomic mass is 10.2. The van der Waals surface area contributed by atoms with Gasteiger partial charge in [0, 0.05) is 14.1 Å². The van der Waals surface area contributed by atoms with Gasteiger partial charge in [-0.1, -0.05) is 30.3 Å². The number of hydrogen-bond acceptors (Lipinski definition) is 3. The molecule has 1 aromatic rings. The highest BCUT2D eigenvalue weighted by atomic mass is 16.5. The Morgan fingerprint density at radius 1 is 1.35 bits per heavy atom. The molecule has 5 nitrogen and oxygen atoms in total. The van der Waals surface area contributed by atoms with Crippen molar-refractivity contribution in [1.29, 1.82) is 0 Å². The van der Waals surface area contributed by atoms with Crippen LogP contribution in [0.4, 0.5) is 4.79 Å². The first-order chi connectivity index (χ1) is 9.49. The highest BCUT2D eigenvalue weighted by Gasteiger charge is 2.14. The molecule has 0 bridgehead atoms. The third-order valence-electron chi connectivity index (χ3n) is 2.81. The maximum atomic E-state index is 11.7.